The van der Waals surface area contributed by atoms with Crippen molar-refractivity contribution in [1.82, 2.24) is 4.90 Å². The fraction of sp³-hybridized carbons (Fsp3) is 0.444. The van der Waals surface area contributed by atoms with E-state index in [0.29, 0.717) is 36.2 Å². The van der Waals surface area contributed by atoms with Crippen molar-refractivity contribution in [3.8, 4) is 0 Å². The number of piperidine rings is 1. The van der Waals surface area contributed by atoms with E-state index in [0.717, 1.165) is 0 Å². The molecule has 1 saturated heterocycles. The Kier molecular flexibility index (Phi) is 8.14. The van der Waals surface area contributed by atoms with Crippen LogP contribution in [0.2, 0.25) is 0 Å². The minimum atomic E-state index is -0.634. The molecule has 0 aromatic heterocycles. The number of benzene rings is 2. The van der Waals surface area contributed by atoms with Gasteiger partial charge in [0.25, 0.3) is 5.91 Å². The Bertz CT molecular complexity index is 1060. The van der Waals surface area contributed by atoms with Crippen LogP contribution in [0.4, 0.5) is 14.9 Å². The van der Waals surface area contributed by atoms with Crippen molar-refractivity contribution in [2.24, 2.45) is 5.92 Å². The third-order valence-corrected chi connectivity index (χ3v) is 5.81. The summed E-state index contributed by atoms with van der Waals surface area (Å²) in [6.07, 6.45) is 0.554. The molecule has 3 rings (SSSR count). The first-order chi connectivity index (χ1) is 16.5. The van der Waals surface area contributed by atoms with E-state index >= 15 is 0 Å². The number of anilines is 1. The predicted octanol–water partition coefficient (Wildman–Crippen LogP) is 5.64. The van der Waals surface area contributed by atoms with Crippen molar-refractivity contribution in [1.29, 1.82) is 0 Å². The molecular weight excluding hydrogens is 451 g/mol. The molecule has 0 spiro atoms. The molecule has 0 aliphatic carbocycles. The minimum absolute atomic E-state index is 0.00483. The van der Waals surface area contributed by atoms with E-state index in [1.165, 1.54) is 6.07 Å². The van der Waals surface area contributed by atoms with Gasteiger partial charge in [-0.05, 0) is 76.8 Å². The van der Waals surface area contributed by atoms with E-state index in [9.17, 15) is 18.8 Å². The number of esters is 1. The smallest absolute Gasteiger partial charge is 0.412 e. The molecule has 7 nitrogen and oxygen atoms in total. The van der Waals surface area contributed by atoms with E-state index in [1.54, 1.807) is 75.9 Å². The normalized spacial score (nSPS) is 18.1. The molecule has 2 atom stereocenters. The molecule has 2 amide bonds. The lowest BCUT2D eigenvalue weighted by atomic mass is 9.84. The molecule has 35 heavy (non-hydrogen) atoms. The lowest BCUT2D eigenvalue weighted by Gasteiger charge is -2.40. The number of amides is 2. The summed E-state index contributed by atoms with van der Waals surface area (Å²) in [4.78, 5) is 40.1. The Balaban J connectivity index is 1.94. The molecule has 8 heteroatoms. The number of carbonyl (C=O) groups excluding carboxylic acids is 3. The van der Waals surface area contributed by atoms with E-state index in [1.807, 2.05) is 0 Å². The van der Waals surface area contributed by atoms with Crippen LogP contribution in [0.1, 0.15) is 68.1 Å². The van der Waals surface area contributed by atoms with Crippen LogP contribution in [0.25, 0.3) is 0 Å². The first kappa shape index (κ1) is 26.2. The van der Waals surface area contributed by atoms with Crippen molar-refractivity contribution in [2.45, 2.75) is 59.1 Å². The quantitative estimate of drug-likeness (QED) is 0.556. The Labute approximate surface area is 205 Å². The van der Waals surface area contributed by atoms with Gasteiger partial charge in [0.05, 0.1) is 24.1 Å². The highest BCUT2D eigenvalue weighted by Crippen LogP contribution is 2.39. The summed E-state index contributed by atoms with van der Waals surface area (Å²) in [5.41, 5.74) is 1.10. The largest absolute Gasteiger partial charge is 0.466 e. The fourth-order valence-electron chi connectivity index (χ4n) is 4.36. The summed E-state index contributed by atoms with van der Waals surface area (Å²) in [5, 5.41) is 2.67. The molecule has 2 aromatic rings. The van der Waals surface area contributed by atoms with Gasteiger partial charge in [0.1, 0.15) is 11.4 Å². The number of hydrogen-bond donors (Lipinski definition) is 1. The number of ether oxygens (including phenoxy) is 2. The number of hydrogen-bond acceptors (Lipinski definition) is 5. The maximum Gasteiger partial charge on any atom is 0.412 e. The van der Waals surface area contributed by atoms with Crippen molar-refractivity contribution in [3.05, 3.63) is 65.0 Å². The van der Waals surface area contributed by atoms with Gasteiger partial charge in [-0.25, -0.2) is 9.18 Å². The number of rotatable bonds is 5. The lowest BCUT2D eigenvalue weighted by molar-refractivity contribution is -0.151. The summed E-state index contributed by atoms with van der Waals surface area (Å²) in [6.45, 7) is 9.35. The molecule has 0 saturated carbocycles. The van der Waals surface area contributed by atoms with Gasteiger partial charge in [-0.2, -0.15) is 0 Å². The van der Waals surface area contributed by atoms with Crippen LogP contribution in [-0.2, 0) is 14.3 Å². The van der Waals surface area contributed by atoms with Gasteiger partial charge in [-0.15, -0.1) is 0 Å². The van der Waals surface area contributed by atoms with Gasteiger partial charge in [0.2, 0.25) is 0 Å². The maximum absolute atomic E-state index is 14.7. The van der Waals surface area contributed by atoms with Crippen LogP contribution >= 0.6 is 0 Å². The number of halogens is 1. The summed E-state index contributed by atoms with van der Waals surface area (Å²) in [7, 11) is 0. The minimum Gasteiger partial charge on any atom is -0.466 e. The zero-order valence-corrected chi connectivity index (χ0v) is 20.9. The Morgan fingerprint density at radius 1 is 1.11 bits per heavy atom. The first-order valence-corrected chi connectivity index (χ1v) is 11.8. The van der Waals surface area contributed by atoms with Crippen LogP contribution in [0.15, 0.2) is 42.5 Å². The SMILES string of the molecule is CCOC(=O)C1CCCN(C(=O)c2c(C)cccc2F)C1c1ccc(NC(=O)OC(C)(C)C)cc1. The average molecular weight is 485 g/mol. The van der Waals surface area contributed by atoms with Gasteiger partial charge in [0, 0.05) is 12.2 Å². The zero-order chi connectivity index (χ0) is 25.8. The van der Waals surface area contributed by atoms with Gasteiger partial charge in [0.15, 0.2) is 0 Å². The third-order valence-electron chi connectivity index (χ3n) is 5.81. The molecule has 1 heterocycles. The molecule has 0 radical (unpaired) electrons. The molecule has 1 N–H and O–H groups in total. The van der Waals surface area contributed by atoms with Crippen LogP contribution in [-0.4, -0.2) is 41.6 Å². The van der Waals surface area contributed by atoms with E-state index in [-0.39, 0.29) is 12.2 Å². The van der Waals surface area contributed by atoms with Crippen LogP contribution in [0.5, 0.6) is 0 Å². The summed E-state index contributed by atoms with van der Waals surface area (Å²) < 4.78 is 25.3. The highest BCUT2D eigenvalue weighted by molar-refractivity contribution is 5.96. The first-order valence-electron chi connectivity index (χ1n) is 11.8. The van der Waals surface area contributed by atoms with E-state index in [4.69, 9.17) is 9.47 Å². The average Bonchev–Trinajstić information content (AvgIpc) is 2.78. The number of nitrogens with one attached hydrogen (secondary N) is 1. The van der Waals surface area contributed by atoms with Crippen LogP contribution in [0, 0.1) is 18.7 Å². The van der Waals surface area contributed by atoms with Crippen LogP contribution in [0.3, 0.4) is 0 Å². The maximum atomic E-state index is 14.7. The molecule has 0 bridgehead atoms. The second-order valence-electron chi connectivity index (χ2n) is 9.62. The van der Waals surface area contributed by atoms with Crippen molar-refractivity contribution >= 4 is 23.7 Å². The second kappa shape index (κ2) is 10.9. The number of carbonyl (C=O) groups is 3. The number of aryl methyl sites for hydroxylation is 1. The Hall–Kier alpha value is -3.42. The predicted molar refractivity (Wildman–Crippen MR) is 131 cm³/mol. The van der Waals surface area contributed by atoms with Gasteiger partial charge >= 0.3 is 12.1 Å². The molecule has 1 fully saturated rings. The zero-order valence-electron chi connectivity index (χ0n) is 20.9. The monoisotopic (exact) mass is 484 g/mol. The molecule has 2 unspecified atom stereocenters. The van der Waals surface area contributed by atoms with Crippen LogP contribution < -0.4 is 5.32 Å². The highest BCUT2D eigenvalue weighted by atomic mass is 19.1. The fourth-order valence-corrected chi connectivity index (χ4v) is 4.36. The molecule has 188 valence electrons. The van der Waals surface area contributed by atoms with Gasteiger partial charge in [-0.3, -0.25) is 14.9 Å². The molecule has 1 aliphatic heterocycles. The van der Waals surface area contributed by atoms with Crippen molar-refractivity contribution < 1.29 is 28.2 Å². The number of nitrogens with zero attached hydrogens (tertiary/aromatic N) is 1. The highest BCUT2D eigenvalue weighted by Gasteiger charge is 2.41. The number of likely N-dealkylation sites (tertiary alicyclic amines) is 1. The Morgan fingerprint density at radius 2 is 1.80 bits per heavy atom. The van der Waals surface area contributed by atoms with Crippen molar-refractivity contribution in [3.63, 3.8) is 0 Å². The third kappa shape index (κ3) is 6.38. The van der Waals surface area contributed by atoms with Gasteiger partial charge in [-0.1, -0.05) is 24.3 Å². The second-order valence-corrected chi connectivity index (χ2v) is 9.62. The van der Waals surface area contributed by atoms with Gasteiger partial charge < -0.3 is 14.4 Å². The van der Waals surface area contributed by atoms with Crippen molar-refractivity contribution in [2.75, 3.05) is 18.5 Å². The topological polar surface area (TPSA) is 84.9 Å². The molecular formula is C27H33FN2O5. The standard InChI is InChI=1S/C27H33FN2O5/c1-6-34-25(32)20-10-8-16-30(24(31)22-17(2)9-7-11-21(22)28)23(20)18-12-14-19(15-13-18)29-26(33)35-27(3,4)5/h7,9,11-15,20,23H,6,8,10,16H2,1-5H3,(H,29,33). The summed E-state index contributed by atoms with van der Waals surface area (Å²) in [6, 6.07) is 10.8. The molecule has 2 aromatic carbocycles. The lowest BCUT2D eigenvalue weighted by Crippen LogP contribution is -2.46. The summed E-state index contributed by atoms with van der Waals surface area (Å²) >= 11 is 0. The van der Waals surface area contributed by atoms with E-state index < -0.39 is 41.3 Å². The molecule has 1 aliphatic rings. The summed E-state index contributed by atoms with van der Waals surface area (Å²) in [5.74, 6) is -2.04. The van der Waals surface area contributed by atoms with E-state index in [2.05, 4.69) is 5.32 Å². The Morgan fingerprint density at radius 3 is 2.40 bits per heavy atom.